The monoisotopic (exact) mass is 491 g/mol. The van der Waals surface area contributed by atoms with Gasteiger partial charge in [0.2, 0.25) is 0 Å². The predicted octanol–water partition coefficient (Wildman–Crippen LogP) is 3.94. The zero-order chi connectivity index (χ0) is 23.1. The molecule has 2 aliphatic rings. The zero-order valence-corrected chi connectivity index (χ0v) is 20.4. The van der Waals surface area contributed by atoms with E-state index in [1.165, 1.54) is 28.2 Å². The standard InChI is InChI=1S/C25H25N5O2S2/c31-22-21-17-8-4-5-9-19(17)34-24(21)28-20(27-22)14-29-10-12-30(13-11-29)25(32)18-15-33-23(26-18)16-6-2-1-3-7-16/h1-3,6-7,15H,4-5,8-14H2,(H,27,28,31). The number of carbonyl (C=O) groups is 1. The minimum Gasteiger partial charge on any atom is -0.335 e. The predicted molar refractivity (Wildman–Crippen MR) is 136 cm³/mol. The van der Waals surface area contributed by atoms with Gasteiger partial charge in [-0.05, 0) is 31.2 Å². The maximum absolute atomic E-state index is 13.0. The molecule has 0 bridgehead atoms. The number of amides is 1. The minimum atomic E-state index is -0.0183. The lowest BCUT2D eigenvalue weighted by molar-refractivity contribution is 0.0620. The topological polar surface area (TPSA) is 82.2 Å². The molecule has 1 aliphatic heterocycles. The van der Waals surface area contributed by atoms with Gasteiger partial charge in [-0.25, -0.2) is 9.97 Å². The molecule has 4 aromatic rings. The van der Waals surface area contributed by atoms with E-state index in [0.29, 0.717) is 31.2 Å². The van der Waals surface area contributed by atoms with E-state index in [9.17, 15) is 9.59 Å². The molecule has 1 amide bonds. The summed E-state index contributed by atoms with van der Waals surface area (Å²) in [5.74, 6) is 0.693. The minimum absolute atomic E-state index is 0.00836. The number of hydrogen-bond donors (Lipinski definition) is 1. The maximum Gasteiger partial charge on any atom is 0.273 e. The lowest BCUT2D eigenvalue weighted by Gasteiger charge is -2.34. The Kier molecular flexibility index (Phi) is 5.76. The van der Waals surface area contributed by atoms with Crippen molar-refractivity contribution in [1.82, 2.24) is 24.8 Å². The first kappa shape index (κ1) is 21.6. The van der Waals surface area contributed by atoms with Crippen LogP contribution in [0.4, 0.5) is 0 Å². The Bertz CT molecular complexity index is 1400. The lowest BCUT2D eigenvalue weighted by Crippen LogP contribution is -2.48. The summed E-state index contributed by atoms with van der Waals surface area (Å²) in [6.07, 6.45) is 4.40. The molecule has 4 heterocycles. The van der Waals surface area contributed by atoms with Crippen molar-refractivity contribution < 1.29 is 4.79 Å². The Morgan fingerprint density at radius 3 is 2.65 bits per heavy atom. The van der Waals surface area contributed by atoms with E-state index in [0.717, 1.165) is 53.1 Å². The number of thiazole rings is 1. The summed E-state index contributed by atoms with van der Waals surface area (Å²) in [5, 5.41) is 3.52. The molecule has 34 heavy (non-hydrogen) atoms. The number of H-pyrrole nitrogens is 1. The van der Waals surface area contributed by atoms with E-state index in [1.807, 2.05) is 40.6 Å². The number of carbonyl (C=O) groups excluding carboxylic acids is 1. The molecule has 7 nitrogen and oxygen atoms in total. The SMILES string of the molecule is O=C(c1csc(-c2ccccc2)n1)N1CCN(Cc2nc3sc4c(c3c(=O)[nH]2)CCCC4)CC1. The summed E-state index contributed by atoms with van der Waals surface area (Å²) in [6, 6.07) is 9.94. The quantitative estimate of drug-likeness (QED) is 0.468. The van der Waals surface area contributed by atoms with E-state index >= 15 is 0 Å². The molecule has 1 N–H and O–H groups in total. The van der Waals surface area contributed by atoms with E-state index in [1.54, 1.807) is 11.3 Å². The van der Waals surface area contributed by atoms with Crippen LogP contribution in [0.5, 0.6) is 0 Å². The van der Waals surface area contributed by atoms with Crippen molar-refractivity contribution in [3.8, 4) is 10.6 Å². The molecule has 6 rings (SSSR count). The second kappa shape index (κ2) is 9.05. The van der Waals surface area contributed by atoms with Gasteiger partial charge in [0, 0.05) is 42.0 Å². The first-order valence-corrected chi connectivity index (χ1v) is 13.4. The zero-order valence-electron chi connectivity index (χ0n) is 18.7. The van der Waals surface area contributed by atoms with Gasteiger partial charge in [-0.3, -0.25) is 14.5 Å². The van der Waals surface area contributed by atoms with Crippen molar-refractivity contribution in [1.29, 1.82) is 0 Å². The van der Waals surface area contributed by atoms with Gasteiger partial charge in [0.05, 0.1) is 11.9 Å². The summed E-state index contributed by atoms with van der Waals surface area (Å²) in [6.45, 7) is 3.34. The average Bonchev–Trinajstić information content (AvgIpc) is 3.50. The molecule has 0 saturated carbocycles. The Labute approximate surface area is 205 Å². The number of piperazine rings is 1. The second-order valence-corrected chi connectivity index (χ2v) is 10.8. The number of nitrogens with zero attached hydrogens (tertiary/aromatic N) is 4. The van der Waals surface area contributed by atoms with Crippen molar-refractivity contribution in [2.75, 3.05) is 26.2 Å². The third-order valence-electron chi connectivity index (χ3n) is 6.65. The number of aryl methyl sites for hydroxylation is 2. The third kappa shape index (κ3) is 4.08. The van der Waals surface area contributed by atoms with Gasteiger partial charge >= 0.3 is 0 Å². The number of rotatable bonds is 4. The molecule has 0 radical (unpaired) electrons. The summed E-state index contributed by atoms with van der Waals surface area (Å²) in [7, 11) is 0. The van der Waals surface area contributed by atoms with Crippen molar-refractivity contribution in [3.63, 3.8) is 0 Å². The van der Waals surface area contributed by atoms with Crippen LogP contribution in [0.1, 0.15) is 39.6 Å². The molecule has 0 atom stereocenters. The number of aromatic nitrogens is 3. The average molecular weight is 492 g/mol. The van der Waals surface area contributed by atoms with Gasteiger partial charge in [0.1, 0.15) is 21.4 Å². The largest absolute Gasteiger partial charge is 0.335 e. The smallest absolute Gasteiger partial charge is 0.273 e. The molecule has 1 fully saturated rings. The Balaban J connectivity index is 1.11. The van der Waals surface area contributed by atoms with Crippen LogP contribution >= 0.6 is 22.7 Å². The van der Waals surface area contributed by atoms with E-state index in [2.05, 4.69) is 14.9 Å². The first-order chi connectivity index (χ1) is 16.7. The van der Waals surface area contributed by atoms with Gasteiger partial charge in [-0.15, -0.1) is 22.7 Å². The van der Waals surface area contributed by atoms with E-state index in [4.69, 9.17) is 4.98 Å². The number of nitrogens with one attached hydrogen (secondary N) is 1. The molecule has 3 aromatic heterocycles. The summed E-state index contributed by atoms with van der Waals surface area (Å²) < 4.78 is 0. The molecule has 9 heteroatoms. The highest BCUT2D eigenvalue weighted by atomic mass is 32.1. The van der Waals surface area contributed by atoms with Crippen LogP contribution in [0.3, 0.4) is 0 Å². The fourth-order valence-electron chi connectivity index (χ4n) is 4.85. The van der Waals surface area contributed by atoms with Crippen LogP contribution in [0, 0.1) is 0 Å². The number of thiophene rings is 1. The Hall–Kier alpha value is -2.88. The number of benzene rings is 1. The van der Waals surface area contributed by atoms with Crippen LogP contribution in [-0.2, 0) is 19.4 Å². The Morgan fingerprint density at radius 2 is 1.82 bits per heavy atom. The van der Waals surface area contributed by atoms with E-state index < -0.39 is 0 Å². The normalized spacial score (nSPS) is 16.6. The first-order valence-electron chi connectivity index (χ1n) is 11.7. The van der Waals surface area contributed by atoms with Crippen LogP contribution < -0.4 is 5.56 Å². The van der Waals surface area contributed by atoms with Crippen LogP contribution in [0.2, 0.25) is 0 Å². The van der Waals surface area contributed by atoms with Crippen LogP contribution in [0.25, 0.3) is 20.8 Å². The summed E-state index contributed by atoms with van der Waals surface area (Å²) >= 11 is 3.18. The maximum atomic E-state index is 13.0. The van der Waals surface area contributed by atoms with Gasteiger partial charge in [-0.1, -0.05) is 30.3 Å². The second-order valence-electron chi connectivity index (χ2n) is 8.88. The Morgan fingerprint density at radius 1 is 1.03 bits per heavy atom. The van der Waals surface area contributed by atoms with Gasteiger partial charge < -0.3 is 9.88 Å². The molecule has 1 saturated heterocycles. The fraction of sp³-hybridized carbons (Fsp3) is 0.360. The molecule has 174 valence electrons. The molecule has 1 aromatic carbocycles. The van der Waals surface area contributed by atoms with Crippen molar-refractivity contribution in [2.45, 2.75) is 32.2 Å². The molecule has 1 aliphatic carbocycles. The number of aromatic amines is 1. The third-order valence-corrected chi connectivity index (χ3v) is 8.73. The van der Waals surface area contributed by atoms with E-state index in [-0.39, 0.29) is 11.5 Å². The molecular weight excluding hydrogens is 466 g/mol. The molecule has 0 spiro atoms. The molecular formula is C25H25N5O2S2. The van der Waals surface area contributed by atoms with Crippen LogP contribution in [0.15, 0.2) is 40.5 Å². The highest BCUT2D eigenvalue weighted by Crippen LogP contribution is 2.33. The van der Waals surface area contributed by atoms with Crippen molar-refractivity contribution >= 4 is 38.8 Å². The number of hydrogen-bond acceptors (Lipinski definition) is 7. The van der Waals surface area contributed by atoms with Crippen LogP contribution in [-0.4, -0.2) is 56.8 Å². The van der Waals surface area contributed by atoms with Gasteiger partial charge in [-0.2, -0.15) is 0 Å². The molecule has 0 unspecified atom stereocenters. The lowest BCUT2D eigenvalue weighted by atomic mass is 9.97. The number of fused-ring (bicyclic) bond motifs is 3. The highest BCUT2D eigenvalue weighted by Gasteiger charge is 2.25. The van der Waals surface area contributed by atoms with Crippen molar-refractivity contribution in [2.24, 2.45) is 0 Å². The van der Waals surface area contributed by atoms with Gasteiger partial charge in [0.25, 0.3) is 11.5 Å². The summed E-state index contributed by atoms with van der Waals surface area (Å²) in [5.41, 5.74) is 2.75. The van der Waals surface area contributed by atoms with Gasteiger partial charge in [0.15, 0.2) is 0 Å². The van der Waals surface area contributed by atoms with Crippen molar-refractivity contribution in [3.05, 3.63) is 68.0 Å². The fourth-order valence-corrected chi connectivity index (χ4v) is 6.93. The summed E-state index contributed by atoms with van der Waals surface area (Å²) in [4.78, 5) is 44.5. The highest BCUT2D eigenvalue weighted by molar-refractivity contribution is 7.18.